The van der Waals surface area contributed by atoms with Crippen LogP contribution in [-0.4, -0.2) is 36.1 Å². The van der Waals surface area contributed by atoms with E-state index in [0.717, 1.165) is 23.1 Å². The van der Waals surface area contributed by atoms with Crippen LogP contribution in [-0.2, 0) is 15.0 Å². The Morgan fingerprint density at radius 2 is 2.10 bits per heavy atom. The first-order valence-corrected chi connectivity index (χ1v) is 6.86. The number of benzene rings is 1. The molecule has 10 heteroatoms. The fraction of sp³-hybridized carbons (Fsp3) is 0.300. The molecule has 1 aliphatic rings. The Morgan fingerprint density at radius 3 is 2.55 bits per heavy atom. The molecule has 1 aromatic rings. The van der Waals surface area contributed by atoms with Crippen LogP contribution in [0.3, 0.4) is 0 Å². The third-order valence-electron chi connectivity index (χ3n) is 2.95. The number of rotatable bonds is 3. The summed E-state index contributed by atoms with van der Waals surface area (Å²) in [6.45, 7) is -0.441. The lowest BCUT2D eigenvalue weighted by Gasteiger charge is -2.17. The third-order valence-corrected chi connectivity index (χ3v) is 4.06. The van der Waals surface area contributed by atoms with Gasteiger partial charge in [0.1, 0.15) is 11.0 Å². The van der Waals surface area contributed by atoms with Gasteiger partial charge in [-0.1, -0.05) is 0 Å². The van der Waals surface area contributed by atoms with E-state index in [2.05, 4.69) is 0 Å². The van der Waals surface area contributed by atoms with Gasteiger partial charge in [-0.3, -0.25) is 14.9 Å². The summed E-state index contributed by atoms with van der Waals surface area (Å²) in [5.41, 5.74) is -0.473. The fourth-order valence-electron chi connectivity index (χ4n) is 1.95. The highest BCUT2D eigenvalue weighted by molar-refractivity contribution is 7.87. The minimum atomic E-state index is -4.86. The second-order valence-electron chi connectivity index (χ2n) is 4.24. The summed E-state index contributed by atoms with van der Waals surface area (Å²) < 4.78 is 34.4. The molecule has 1 amide bonds. The van der Waals surface area contributed by atoms with Crippen LogP contribution in [0.5, 0.6) is 5.75 Å². The molecule has 1 aliphatic heterocycles. The van der Waals surface area contributed by atoms with Crippen molar-refractivity contribution in [2.45, 2.75) is 11.7 Å². The van der Waals surface area contributed by atoms with Crippen LogP contribution in [0.15, 0.2) is 18.2 Å². The lowest BCUT2D eigenvalue weighted by Crippen LogP contribution is -2.26. The first-order chi connectivity index (χ1) is 9.20. The van der Waals surface area contributed by atoms with Crippen molar-refractivity contribution in [3.63, 3.8) is 0 Å². The molecule has 0 saturated carbocycles. The quantitative estimate of drug-likeness (QED) is 0.499. The van der Waals surface area contributed by atoms with E-state index in [4.69, 9.17) is 0 Å². The second kappa shape index (κ2) is 4.71. The standard InChI is InChI=1S/C10H9FN2O6S/c11-20(18,19)7-4-10(15)12(5-7)8-2-1-6(13(16)17)3-9(8)14/h1-3,7,14H,4-5H2. The van der Waals surface area contributed by atoms with E-state index in [0.29, 0.717) is 0 Å². The first kappa shape index (κ1) is 14.2. The zero-order valence-corrected chi connectivity index (χ0v) is 10.7. The van der Waals surface area contributed by atoms with Gasteiger partial charge in [0.25, 0.3) is 5.69 Å². The Morgan fingerprint density at radius 1 is 1.45 bits per heavy atom. The third kappa shape index (κ3) is 2.54. The molecular formula is C10H9FN2O6S. The van der Waals surface area contributed by atoms with E-state index in [9.17, 15) is 32.3 Å². The van der Waals surface area contributed by atoms with Gasteiger partial charge in [0.15, 0.2) is 0 Å². The van der Waals surface area contributed by atoms with Crippen molar-refractivity contribution in [1.29, 1.82) is 0 Å². The highest BCUT2D eigenvalue weighted by Crippen LogP contribution is 2.34. The smallest absolute Gasteiger partial charge is 0.307 e. The minimum absolute atomic E-state index is 0.0910. The molecule has 8 nitrogen and oxygen atoms in total. The highest BCUT2D eigenvalue weighted by Gasteiger charge is 2.40. The molecule has 1 aromatic carbocycles. The SMILES string of the molecule is O=C1CC(S(=O)(=O)F)CN1c1ccc([N+](=O)[O-])cc1O. The maximum atomic E-state index is 12.9. The summed E-state index contributed by atoms with van der Waals surface area (Å²) in [5, 5.41) is 18.7. The van der Waals surface area contributed by atoms with Crippen molar-refractivity contribution in [3.8, 4) is 5.75 Å². The van der Waals surface area contributed by atoms with E-state index in [1.807, 2.05) is 0 Å². The highest BCUT2D eigenvalue weighted by atomic mass is 32.3. The zero-order valence-electron chi connectivity index (χ0n) is 9.89. The molecule has 1 saturated heterocycles. The number of halogens is 1. The Bertz CT molecular complexity index is 689. The number of nitrogens with zero attached hydrogens (tertiary/aromatic N) is 2. The number of nitro benzene ring substituents is 1. The molecule has 1 N–H and O–H groups in total. The Hall–Kier alpha value is -2.23. The molecule has 1 fully saturated rings. The Labute approximate surface area is 112 Å². The van der Waals surface area contributed by atoms with Crippen LogP contribution in [0.25, 0.3) is 0 Å². The molecule has 1 unspecified atom stereocenters. The molecule has 0 bridgehead atoms. The van der Waals surface area contributed by atoms with Gasteiger partial charge < -0.3 is 10.0 Å². The zero-order chi connectivity index (χ0) is 15.1. The lowest BCUT2D eigenvalue weighted by atomic mass is 10.2. The number of hydrogen-bond donors (Lipinski definition) is 1. The van der Waals surface area contributed by atoms with Gasteiger partial charge in [0, 0.05) is 19.0 Å². The van der Waals surface area contributed by atoms with Crippen molar-refractivity contribution in [1.82, 2.24) is 0 Å². The monoisotopic (exact) mass is 304 g/mol. The summed E-state index contributed by atoms with van der Waals surface area (Å²) in [6.07, 6.45) is -0.532. The number of anilines is 1. The van der Waals surface area contributed by atoms with Crippen molar-refractivity contribution in [2.75, 3.05) is 11.4 Å². The number of phenolic OH excluding ortho intramolecular Hbond substituents is 1. The van der Waals surface area contributed by atoms with Crippen LogP contribution in [0.2, 0.25) is 0 Å². The topological polar surface area (TPSA) is 118 Å². The molecule has 0 spiro atoms. The van der Waals surface area contributed by atoms with Crippen LogP contribution in [0.4, 0.5) is 15.3 Å². The lowest BCUT2D eigenvalue weighted by molar-refractivity contribution is -0.384. The van der Waals surface area contributed by atoms with Gasteiger partial charge >= 0.3 is 10.2 Å². The van der Waals surface area contributed by atoms with Gasteiger partial charge in [-0.2, -0.15) is 8.42 Å². The first-order valence-electron chi connectivity index (χ1n) is 5.41. The fourth-order valence-corrected chi connectivity index (χ4v) is 2.62. The van der Waals surface area contributed by atoms with Crippen LogP contribution < -0.4 is 4.90 Å². The predicted molar refractivity (Wildman–Crippen MR) is 65.5 cm³/mol. The molecule has 0 aliphatic carbocycles. The van der Waals surface area contributed by atoms with Crippen LogP contribution in [0, 0.1) is 10.1 Å². The van der Waals surface area contributed by atoms with E-state index < -0.39 is 45.0 Å². The van der Waals surface area contributed by atoms with Crippen LogP contribution in [0.1, 0.15) is 6.42 Å². The summed E-state index contributed by atoms with van der Waals surface area (Å²) >= 11 is 0. The molecule has 0 radical (unpaired) electrons. The summed E-state index contributed by atoms with van der Waals surface area (Å²) in [5.74, 6) is -1.23. The number of aromatic hydroxyl groups is 1. The molecule has 1 atom stereocenters. The number of non-ortho nitro benzene ring substituents is 1. The van der Waals surface area contributed by atoms with Gasteiger partial charge in [-0.25, -0.2) is 0 Å². The Kier molecular flexibility index (Phi) is 3.34. The number of hydrogen-bond acceptors (Lipinski definition) is 6. The predicted octanol–water partition coefficient (Wildman–Crippen LogP) is 0.705. The van der Waals surface area contributed by atoms with E-state index >= 15 is 0 Å². The normalized spacial score (nSPS) is 19.4. The molecule has 20 heavy (non-hydrogen) atoms. The molecule has 0 aromatic heterocycles. The van der Waals surface area contributed by atoms with Crippen molar-refractivity contribution in [3.05, 3.63) is 28.3 Å². The van der Waals surface area contributed by atoms with Crippen LogP contribution >= 0.6 is 0 Å². The van der Waals surface area contributed by atoms with E-state index in [1.54, 1.807) is 0 Å². The molecule has 1 heterocycles. The molecule has 108 valence electrons. The maximum absolute atomic E-state index is 12.9. The molecular weight excluding hydrogens is 295 g/mol. The molecule has 2 rings (SSSR count). The number of nitro groups is 1. The van der Waals surface area contributed by atoms with Crippen molar-refractivity contribution in [2.24, 2.45) is 0 Å². The van der Waals surface area contributed by atoms with Gasteiger partial charge in [-0.05, 0) is 6.07 Å². The van der Waals surface area contributed by atoms with Crippen molar-refractivity contribution >= 4 is 27.5 Å². The maximum Gasteiger partial charge on any atom is 0.307 e. The number of carbonyl (C=O) groups is 1. The second-order valence-corrected chi connectivity index (χ2v) is 5.85. The summed E-state index contributed by atoms with van der Waals surface area (Å²) in [6, 6.07) is 3.00. The van der Waals surface area contributed by atoms with E-state index in [-0.39, 0.29) is 11.4 Å². The number of carbonyl (C=O) groups excluding carboxylic acids is 1. The number of amides is 1. The Balaban J connectivity index is 2.33. The average molecular weight is 304 g/mol. The average Bonchev–Trinajstić information content (AvgIpc) is 2.71. The summed E-state index contributed by atoms with van der Waals surface area (Å²) in [7, 11) is -4.86. The van der Waals surface area contributed by atoms with Gasteiger partial charge in [0.2, 0.25) is 5.91 Å². The van der Waals surface area contributed by atoms with E-state index in [1.165, 1.54) is 0 Å². The minimum Gasteiger partial charge on any atom is -0.505 e. The largest absolute Gasteiger partial charge is 0.505 e. The number of phenols is 1. The van der Waals surface area contributed by atoms with Gasteiger partial charge in [-0.15, -0.1) is 3.89 Å². The summed E-state index contributed by atoms with van der Waals surface area (Å²) in [4.78, 5) is 22.3. The van der Waals surface area contributed by atoms with Crippen molar-refractivity contribution < 1.29 is 27.1 Å². The van der Waals surface area contributed by atoms with Gasteiger partial charge in [0.05, 0.1) is 16.7 Å².